The number of likely N-dealkylation sites (tertiary alicyclic amines) is 2. The fourth-order valence-corrected chi connectivity index (χ4v) is 4.42. The average Bonchev–Trinajstić information content (AvgIpc) is 2.46. The van der Waals surface area contributed by atoms with Crippen LogP contribution in [0.15, 0.2) is 0 Å². The molecule has 1 amide bonds. The van der Waals surface area contributed by atoms with Crippen LogP contribution in [0, 0.1) is 11.8 Å². The number of carbonyl (C=O) groups is 1. The van der Waals surface area contributed by atoms with Crippen molar-refractivity contribution in [3.63, 3.8) is 0 Å². The molecule has 2 atom stereocenters. The van der Waals surface area contributed by atoms with E-state index in [4.69, 9.17) is 0 Å². The second kappa shape index (κ2) is 8.17. The first-order chi connectivity index (χ1) is 10.2. The molecule has 0 aliphatic carbocycles. The Labute approximate surface area is 131 Å². The summed E-state index contributed by atoms with van der Waals surface area (Å²) in [4.78, 5) is 17.5. The Morgan fingerprint density at radius 2 is 1.86 bits per heavy atom. The smallest absolute Gasteiger partial charge is 0.223 e. The van der Waals surface area contributed by atoms with Crippen LogP contribution in [-0.4, -0.2) is 48.4 Å². The summed E-state index contributed by atoms with van der Waals surface area (Å²) >= 11 is 0. The maximum absolute atomic E-state index is 12.8. The summed E-state index contributed by atoms with van der Waals surface area (Å²) in [6.45, 7) is 7.82. The van der Waals surface area contributed by atoms with E-state index in [1.807, 2.05) is 0 Å². The van der Waals surface area contributed by atoms with Crippen molar-refractivity contribution in [1.82, 2.24) is 9.80 Å². The minimum atomic E-state index is 0.446. The number of piperidine rings is 2. The van der Waals surface area contributed by atoms with Crippen LogP contribution in [0.5, 0.6) is 0 Å². The molecule has 2 aliphatic heterocycles. The molecule has 0 radical (unpaired) electrons. The van der Waals surface area contributed by atoms with Gasteiger partial charge in [-0.3, -0.25) is 4.79 Å². The zero-order chi connectivity index (χ0) is 15.2. The number of nitrogens with zero attached hydrogens (tertiary/aromatic N) is 2. The first-order valence-corrected chi connectivity index (χ1v) is 9.13. The fraction of sp³-hybridized carbons (Fsp3) is 0.944. The lowest BCUT2D eigenvalue weighted by atomic mass is 9.83. The maximum atomic E-state index is 12.8. The van der Waals surface area contributed by atoms with Crippen LogP contribution in [0.2, 0.25) is 0 Å². The van der Waals surface area contributed by atoms with E-state index in [9.17, 15) is 4.79 Å². The fourth-order valence-electron chi connectivity index (χ4n) is 4.42. The highest BCUT2D eigenvalue weighted by molar-refractivity contribution is 5.77. The quantitative estimate of drug-likeness (QED) is 0.748. The van der Waals surface area contributed by atoms with Gasteiger partial charge in [-0.1, -0.05) is 39.5 Å². The normalized spacial score (nSPS) is 27.0. The number of hydrogen-bond acceptors (Lipinski definition) is 2. The summed E-state index contributed by atoms with van der Waals surface area (Å²) in [5, 5.41) is 0. The van der Waals surface area contributed by atoms with E-state index in [2.05, 4.69) is 30.7 Å². The lowest BCUT2D eigenvalue weighted by molar-refractivity contribution is -0.139. The standard InChI is InChI=1S/C18H34N2O/c1-4-7-15(8-5-2)13-18(21)20-11-6-9-16-14-19(3)12-10-17(16)20/h15-17H,4-14H2,1-3H3. The number of fused-ring (bicyclic) bond motifs is 1. The Balaban J connectivity index is 1.93. The molecule has 0 N–H and O–H groups in total. The minimum absolute atomic E-state index is 0.446. The monoisotopic (exact) mass is 294 g/mol. The molecule has 0 aromatic carbocycles. The van der Waals surface area contributed by atoms with Gasteiger partial charge >= 0.3 is 0 Å². The third-order valence-corrected chi connectivity index (χ3v) is 5.45. The molecule has 0 aromatic rings. The van der Waals surface area contributed by atoms with Crippen molar-refractivity contribution in [3.05, 3.63) is 0 Å². The average molecular weight is 294 g/mol. The van der Waals surface area contributed by atoms with Crippen molar-refractivity contribution in [3.8, 4) is 0 Å². The summed E-state index contributed by atoms with van der Waals surface area (Å²) in [7, 11) is 2.22. The van der Waals surface area contributed by atoms with Gasteiger partial charge in [-0.05, 0) is 44.7 Å². The van der Waals surface area contributed by atoms with Crippen LogP contribution in [0.25, 0.3) is 0 Å². The molecule has 0 aromatic heterocycles. The molecule has 2 heterocycles. The van der Waals surface area contributed by atoms with Crippen molar-refractivity contribution in [2.75, 3.05) is 26.7 Å². The molecule has 3 nitrogen and oxygen atoms in total. The highest BCUT2D eigenvalue weighted by Gasteiger charge is 2.37. The van der Waals surface area contributed by atoms with E-state index in [1.165, 1.54) is 51.5 Å². The van der Waals surface area contributed by atoms with Crippen molar-refractivity contribution in [2.24, 2.45) is 11.8 Å². The third-order valence-electron chi connectivity index (χ3n) is 5.45. The van der Waals surface area contributed by atoms with E-state index in [0.29, 0.717) is 17.9 Å². The van der Waals surface area contributed by atoms with Gasteiger partial charge < -0.3 is 9.80 Å². The van der Waals surface area contributed by atoms with Crippen molar-refractivity contribution < 1.29 is 4.79 Å². The minimum Gasteiger partial charge on any atom is -0.339 e. The van der Waals surface area contributed by atoms with E-state index >= 15 is 0 Å². The SMILES string of the molecule is CCCC(CCC)CC(=O)N1CCCC2CN(C)CCC21. The summed E-state index contributed by atoms with van der Waals surface area (Å²) in [5.41, 5.74) is 0. The molecule has 0 spiro atoms. The summed E-state index contributed by atoms with van der Waals surface area (Å²) in [5.74, 6) is 1.78. The first kappa shape index (κ1) is 16.8. The van der Waals surface area contributed by atoms with Crippen LogP contribution >= 0.6 is 0 Å². The molecule has 2 saturated heterocycles. The van der Waals surface area contributed by atoms with E-state index in [1.54, 1.807) is 0 Å². The second-order valence-electron chi connectivity index (χ2n) is 7.26. The molecule has 2 aliphatic rings. The molecule has 3 heteroatoms. The Hall–Kier alpha value is -0.570. The Morgan fingerprint density at radius 1 is 1.14 bits per heavy atom. The van der Waals surface area contributed by atoms with E-state index in [0.717, 1.165) is 25.4 Å². The van der Waals surface area contributed by atoms with Crippen LogP contribution in [0.3, 0.4) is 0 Å². The largest absolute Gasteiger partial charge is 0.339 e. The van der Waals surface area contributed by atoms with Crippen LogP contribution in [0.4, 0.5) is 0 Å². The van der Waals surface area contributed by atoms with Crippen LogP contribution in [-0.2, 0) is 4.79 Å². The highest BCUT2D eigenvalue weighted by Crippen LogP contribution is 2.31. The molecule has 0 saturated carbocycles. The molecule has 0 bridgehead atoms. The maximum Gasteiger partial charge on any atom is 0.223 e. The summed E-state index contributed by atoms with van der Waals surface area (Å²) < 4.78 is 0. The van der Waals surface area contributed by atoms with Gasteiger partial charge in [0, 0.05) is 25.6 Å². The van der Waals surface area contributed by atoms with Crippen molar-refractivity contribution >= 4 is 5.91 Å². The molecular weight excluding hydrogens is 260 g/mol. The van der Waals surface area contributed by atoms with Crippen molar-refractivity contribution in [1.29, 1.82) is 0 Å². The number of rotatable bonds is 6. The Morgan fingerprint density at radius 3 is 2.52 bits per heavy atom. The Bertz CT molecular complexity index is 325. The van der Waals surface area contributed by atoms with Gasteiger partial charge in [0.25, 0.3) is 0 Å². The lowest BCUT2D eigenvalue weighted by Crippen LogP contribution is -2.55. The molecule has 2 fully saturated rings. The summed E-state index contributed by atoms with van der Waals surface area (Å²) in [6.07, 6.45) is 9.32. The van der Waals surface area contributed by atoms with Gasteiger partial charge in [0.1, 0.15) is 0 Å². The van der Waals surface area contributed by atoms with Crippen LogP contribution in [0.1, 0.15) is 65.2 Å². The molecule has 2 unspecified atom stereocenters. The van der Waals surface area contributed by atoms with E-state index < -0.39 is 0 Å². The van der Waals surface area contributed by atoms with E-state index in [-0.39, 0.29) is 0 Å². The first-order valence-electron chi connectivity index (χ1n) is 9.13. The topological polar surface area (TPSA) is 23.6 Å². The van der Waals surface area contributed by atoms with Gasteiger partial charge in [0.15, 0.2) is 0 Å². The zero-order valence-corrected chi connectivity index (χ0v) is 14.3. The van der Waals surface area contributed by atoms with Gasteiger partial charge in [0.2, 0.25) is 5.91 Å². The Kier molecular flexibility index (Phi) is 6.53. The molecule has 122 valence electrons. The van der Waals surface area contributed by atoms with Gasteiger partial charge in [-0.25, -0.2) is 0 Å². The predicted octanol–water partition coefficient (Wildman–Crippen LogP) is 3.54. The van der Waals surface area contributed by atoms with Gasteiger partial charge in [-0.2, -0.15) is 0 Å². The number of amides is 1. The number of carbonyl (C=O) groups excluding carboxylic acids is 1. The lowest BCUT2D eigenvalue weighted by Gasteiger charge is -2.46. The highest BCUT2D eigenvalue weighted by atomic mass is 16.2. The predicted molar refractivity (Wildman–Crippen MR) is 88.3 cm³/mol. The van der Waals surface area contributed by atoms with Gasteiger partial charge in [-0.15, -0.1) is 0 Å². The van der Waals surface area contributed by atoms with Crippen LogP contribution < -0.4 is 0 Å². The molecular formula is C18H34N2O. The van der Waals surface area contributed by atoms with Crippen molar-refractivity contribution in [2.45, 2.75) is 71.3 Å². The zero-order valence-electron chi connectivity index (χ0n) is 14.3. The third kappa shape index (κ3) is 4.45. The second-order valence-corrected chi connectivity index (χ2v) is 7.26. The molecule has 21 heavy (non-hydrogen) atoms. The molecule has 2 rings (SSSR count). The van der Waals surface area contributed by atoms with Gasteiger partial charge in [0.05, 0.1) is 0 Å². The number of hydrogen-bond donors (Lipinski definition) is 0. The summed E-state index contributed by atoms with van der Waals surface area (Å²) in [6, 6.07) is 0.534.